The van der Waals surface area contributed by atoms with Crippen LogP contribution in [-0.2, 0) is 9.53 Å². The number of hydrogen-bond acceptors (Lipinski definition) is 11. The summed E-state index contributed by atoms with van der Waals surface area (Å²) in [5.41, 5.74) is -0.134. The molecule has 0 fully saturated rings. The van der Waals surface area contributed by atoms with Gasteiger partial charge in [0.2, 0.25) is 0 Å². The number of allylic oxidation sites excluding steroid dienone is 2. The van der Waals surface area contributed by atoms with Crippen LogP contribution in [0.4, 0.5) is 5.69 Å². The number of hydrogen-bond donors (Lipinski definition) is 8. The van der Waals surface area contributed by atoms with Crippen molar-refractivity contribution in [1.82, 2.24) is 0 Å². The van der Waals surface area contributed by atoms with Gasteiger partial charge in [0, 0.05) is 53.2 Å². The number of rotatable bonds is 0. The van der Waals surface area contributed by atoms with Gasteiger partial charge < -0.3 is 50.5 Å². The number of Topliss-reactive ketones (excluding diaryl/α,β-unsaturated/α-hetero) is 1. The van der Waals surface area contributed by atoms with Gasteiger partial charge in [-0.2, -0.15) is 0 Å². The Balaban J connectivity index is 1.83. The van der Waals surface area contributed by atoms with E-state index in [1.165, 1.54) is 32.9 Å². The van der Waals surface area contributed by atoms with Crippen LogP contribution in [0.5, 0.6) is 23.0 Å². The number of anilines is 1. The lowest BCUT2D eigenvalue weighted by atomic mass is 9.78. The standard InChI is InChI=1S/C34H43NO11/c1-14-9-8-10-15(2)33(44)35-20-13-22(37)23-24(30(20)42)29(41)19(6)31-25(23)32(43)34(7,46-31)45-12-11-21(36)16(3)27(39)18(5)28(40)17(4)26(14)38/h8-14,16-18,21,26-28,36-42H,1-7H3,(H,35,44)/b9-8-,12-11-,15-10-/t14-,16+,17+,18-,21-,26-,27+,28+,34-/m0/s1. The molecule has 0 spiro atoms. The highest BCUT2D eigenvalue weighted by Crippen LogP contribution is 2.53. The summed E-state index contributed by atoms with van der Waals surface area (Å²) >= 11 is 0. The summed E-state index contributed by atoms with van der Waals surface area (Å²) in [5.74, 6) is -7.83. The fourth-order valence-electron chi connectivity index (χ4n) is 5.98. The van der Waals surface area contributed by atoms with E-state index in [2.05, 4.69) is 5.32 Å². The van der Waals surface area contributed by atoms with Crippen LogP contribution < -0.4 is 10.1 Å². The van der Waals surface area contributed by atoms with E-state index in [1.54, 1.807) is 39.8 Å². The Morgan fingerprint density at radius 3 is 2.09 bits per heavy atom. The van der Waals surface area contributed by atoms with E-state index < -0.39 is 82.8 Å². The molecule has 2 aromatic rings. The number of aromatic hydroxyl groups is 3. The lowest BCUT2D eigenvalue weighted by molar-refractivity contribution is -0.112. The summed E-state index contributed by atoms with van der Waals surface area (Å²) in [6, 6.07) is 1.05. The minimum atomic E-state index is -2.00. The predicted molar refractivity (Wildman–Crippen MR) is 169 cm³/mol. The van der Waals surface area contributed by atoms with Crippen LogP contribution in [0.1, 0.15) is 57.5 Å². The Morgan fingerprint density at radius 1 is 0.826 bits per heavy atom. The Labute approximate surface area is 266 Å². The van der Waals surface area contributed by atoms with E-state index in [4.69, 9.17) is 9.47 Å². The molecule has 0 unspecified atom stereocenters. The molecule has 12 nitrogen and oxygen atoms in total. The van der Waals surface area contributed by atoms with E-state index >= 15 is 0 Å². The molecule has 2 aromatic carbocycles. The van der Waals surface area contributed by atoms with Crippen molar-refractivity contribution >= 4 is 28.2 Å². The molecular weight excluding hydrogens is 598 g/mol. The molecular formula is C34H43NO11. The van der Waals surface area contributed by atoms with Crippen LogP contribution in [0.25, 0.3) is 10.8 Å². The predicted octanol–water partition coefficient (Wildman–Crippen LogP) is 3.53. The number of ketones is 1. The van der Waals surface area contributed by atoms with Crippen LogP contribution in [0.3, 0.4) is 0 Å². The molecule has 12 heteroatoms. The number of ether oxygens (including phenoxy) is 2. The van der Waals surface area contributed by atoms with E-state index in [-0.39, 0.29) is 38.9 Å². The van der Waals surface area contributed by atoms with Crippen LogP contribution >= 0.6 is 0 Å². The Kier molecular flexibility index (Phi) is 9.79. The summed E-state index contributed by atoms with van der Waals surface area (Å²) in [6.07, 6.45) is 2.28. The number of aliphatic hydroxyl groups is 4. The fourth-order valence-corrected chi connectivity index (χ4v) is 5.98. The first-order valence-corrected chi connectivity index (χ1v) is 15.1. The highest BCUT2D eigenvalue weighted by Gasteiger charge is 2.49. The average Bonchev–Trinajstić information content (AvgIpc) is 3.28. The third kappa shape index (κ3) is 6.05. The first kappa shape index (κ1) is 34.8. The second kappa shape index (κ2) is 13.0. The molecule has 9 atom stereocenters. The van der Waals surface area contributed by atoms with Gasteiger partial charge in [-0.25, -0.2) is 0 Å². The third-order valence-corrected chi connectivity index (χ3v) is 9.33. The maximum atomic E-state index is 13.7. The molecule has 1 amide bonds. The van der Waals surface area contributed by atoms with Gasteiger partial charge >= 0.3 is 5.79 Å². The normalized spacial score (nSPS) is 35.2. The number of fused-ring (bicyclic) bond motifs is 14. The summed E-state index contributed by atoms with van der Waals surface area (Å²) in [5, 5.41) is 79.0. The third-order valence-electron chi connectivity index (χ3n) is 9.33. The van der Waals surface area contributed by atoms with Crippen molar-refractivity contribution in [2.45, 2.75) is 78.7 Å². The van der Waals surface area contributed by atoms with Crippen molar-refractivity contribution in [2.75, 3.05) is 5.32 Å². The molecule has 46 heavy (non-hydrogen) atoms. The van der Waals surface area contributed by atoms with Gasteiger partial charge in [0.25, 0.3) is 11.7 Å². The number of amides is 1. The highest BCUT2D eigenvalue weighted by atomic mass is 16.7. The summed E-state index contributed by atoms with van der Waals surface area (Å²) in [7, 11) is 0. The molecule has 0 aliphatic carbocycles. The fraction of sp³-hybridized carbons (Fsp3) is 0.471. The lowest BCUT2D eigenvalue weighted by Gasteiger charge is -2.35. The van der Waals surface area contributed by atoms with Gasteiger partial charge in [0.15, 0.2) is 5.75 Å². The van der Waals surface area contributed by atoms with Gasteiger partial charge in [0.1, 0.15) is 17.2 Å². The van der Waals surface area contributed by atoms with Gasteiger partial charge in [-0.1, -0.05) is 45.9 Å². The van der Waals surface area contributed by atoms with Gasteiger partial charge in [0.05, 0.1) is 47.3 Å². The number of aliphatic hydroxyl groups excluding tert-OH is 4. The van der Waals surface area contributed by atoms with Crippen molar-refractivity contribution in [3.63, 3.8) is 0 Å². The Hall–Kier alpha value is -4.10. The first-order chi connectivity index (χ1) is 21.4. The number of carbonyl (C=O) groups is 2. The zero-order valence-corrected chi connectivity index (χ0v) is 26.8. The minimum Gasteiger partial charge on any atom is -0.507 e. The maximum absolute atomic E-state index is 13.7. The topological polar surface area (TPSA) is 206 Å². The van der Waals surface area contributed by atoms with Gasteiger partial charge in [-0.05, 0) is 19.9 Å². The molecule has 3 heterocycles. The molecule has 5 rings (SSSR count). The van der Waals surface area contributed by atoms with Crippen molar-refractivity contribution in [1.29, 1.82) is 0 Å². The molecule has 250 valence electrons. The molecule has 0 saturated heterocycles. The minimum absolute atomic E-state index is 0.0620. The number of carbonyl (C=O) groups excluding carboxylic acids is 2. The monoisotopic (exact) mass is 641 g/mol. The van der Waals surface area contributed by atoms with Crippen molar-refractivity contribution in [3.8, 4) is 23.0 Å². The number of benzene rings is 2. The second-order valence-electron chi connectivity index (χ2n) is 12.6. The smallest absolute Gasteiger partial charge is 0.312 e. The van der Waals surface area contributed by atoms with Crippen LogP contribution in [-0.4, -0.2) is 77.6 Å². The maximum Gasteiger partial charge on any atom is 0.312 e. The lowest BCUT2D eigenvalue weighted by Crippen LogP contribution is -2.44. The largest absolute Gasteiger partial charge is 0.507 e. The first-order valence-electron chi connectivity index (χ1n) is 15.1. The number of phenolic OH excluding ortho intramolecular Hbond substituents is 3. The van der Waals surface area contributed by atoms with E-state index in [1.807, 2.05) is 0 Å². The molecule has 0 aromatic heterocycles. The second-order valence-corrected chi connectivity index (χ2v) is 12.6. The molecule has 8 N–H and O–H groups in total. The van der Waals surface area contributed by atoms with Crippen molar-refractivity contribution < 1.29 is 54.8 Å². The molecule has 5 bridgehead atoms. The zero-order chi connectivity index (χ0) is 34.4. The Morgan fingerprint density at radius 2 is 1.43 bits per heavy atom. The Bertz CT molecular complexity index is 1630. The number of nitrogens with one attached hydrogen (secondary N) is 1. The van der Waals surface area contributed by atoms with Gasteiger partial charge in [-0.15, -0.1) is 0 Å². The van der Waals surface area contributed by atoms with Crippen LogP contribution in [0.2, 0.25) is 0 Å². The molecule has 3 aliphatic rings. The van der Waals surface area contributed by atoms with Crippen molar-refractivity contribution in [2.24, 2.45) is 23.7 Å². The van der Waals surface area contributed by atoms with E-state index in [0.29, 0.717) is 0 Å². The summed E-state index contributed by atoms with van der Waals surface area (Å²) in [4.78, 5) is 26.7. The SMILES string of the molecule is C/C1=C/C=C\[C@H](C)[C@H](O)[C@@H](C)[C@@H](O)[C@@H](C)[C@H](O)[C@H](C)[C@@H](O)/C=C\O[C@@]2(C)Oc3c(C)c(O)c4c(O)c(cc(O)c4c3C2=O)NC1=O. The van der Waals surface area contributed by atoms with Crippen LogP contribution in [0.15, 0.2) is 42.2 Å². The van der Waals surface area contributed by atoms with Gasteiger partial charge in [-0.3, -0.25) is 9.59 Å². The molecule has 0 saturated carbocycles. The highest BCUT2D eigenvalue weighted by molar-refractivity contribution is 6.21. The van der Waals surface area contributed by atoms with Crippen molar-refractivity contribution in [3.05, 3.63) is 53.3 Å². The average molecular weight is 642 g/mol. The summed E-state index contributed by atoms with van der Waals surface area (Å²) < 4.78 is 11.5. The summed E-state index contributed by atoms with van der Waals surface area (Å²) in [6.45, 7) is 10.8. The number of phenols is 3. The van der Waals surface area contributed by atoms with E-state index in [0.717, 1.165) is 12.3 Å². The quantitative estimate of drug-likeness (QED) is 0.154. The zero-order valence-electron chi connectivity index (χ0n) is 26.8. The molecule has 0 radical (unpaired) electrons. The molecule has 3 aliphatic heterocycles. The van der Waals surface area contributed by atoms with E-state index in [9.17, 15) is 45.3 Å². The van der Waals surface area contributed by atoms with Crippen LogP contribution in [0, 0.1) is 30.6 Å².